The molecule has 7 heteroatoms. The predicted molar refractivity (Wildman–Crippen MR) is 183 cm³/mol. The molecule has 7 nitrogen and oxygen atoms in total. The highest BCUT2D eigenvalue weighted by atomic mass is 16.6. The molecule has 0 bridgehead atoms. The van der Waals surface area contributed by atoms with E-state index in [4.69, 9.17) is 4.74 Å². The van der Waals surface area contributed by atoms with Crippen LogP contribution in [0.15, 0.2) is 11.6 Å². The molecular weight excluding hydrogens is 576 g/mol. The van der Waals surface area contributed by atoms with E-state index in [-0.39, 0.29) is 36.0 Å². The zero-order valence-corrected chi connectivity index (χ0v) is 29.8. The molecule has 7 unspecified atom stereocenters. The van der Waals surface area contributed by atoms with Crippen molar-refractivity contribution in [3.05, 3.63) is 11.6 Å². The van der Waals surface area contributed by atoms with Gasteiger partial charge in [-0.3, -0.25) is 4.79 Å². The minimum absolute atomic E-state index is 0.0341. The van der Waals surface area contributed by atoms with Gasteiger partial charge in [-0.2, -0.15) is 0 Å². The maximum Gasteiger partial charge on any atom is 0.407 e. The fourth-order valence-corrected chi connectivity index (χ4v) is 11.1. The normalized spacial score (nSPS) is 37.7. The van der Waals surface area contributed by atoms with Crippen molar-refractivity contribution in [2.45, 2.75) is 143 Å². The van der Waals surface area contributed by atoms with Gasteiger partial charge < -0.3 is 25.2 Å². The number of hydrogen-bond acceptors (Lipinski definition) is 5. The van der Waals surface area contributed by atoms with Crippen LogP contribution in [-0.2, 0) is 9.53 Å². The second-order valence-electron chi connectivity index (χ2n) is 17.1. The third-order valence-electron chi connectivity index (χ3n) is 13.9. The van der Waals surface area contributed by atoms with Crippen LogP contribution in [0, 0.1) is 52.3 Å². The summed E-state index contributed by atoms with van der Waals surface area (Å²) >= 11 is 0. The third kappa shape index (κ3) is 7.66. The van der Waals surface area contributed by atoms with Gasteiger partial charge in [0, 0.05) is 38.4 Å². The van der Waals surface area contributed by atoms with Crippen LogP contribution in [0.5, 0.6) is 0 Å². The van der Waals surface area contributed by atoms with Gasteiger partial charge in [0.1, 0.15) is 6.10 Å². The van der Waals surface area contributed by atoms with Crippen LogP contribution in [0.25, 0.3) is 0 Å². The highest BCUT2D eigenvalue weighted by molar-refractivity contribution is 5.76. The standard InChI is InChI=1S/C39H66N2O5/c1-26(2)10-9-11-27(3)32-15-16-33-31-14-13-29-22-30(17-19-38(29,4)34(31)18-20-39(32,33)5)46-37(45)40-21-8-6-7-12-36(44)41-23-28(25-42)35(43)24-41/h13,26-28,30-35,42-43H,6-12,14-25H2,1-5H3,(H,40,45)/t27?,28?,30-,31?,32?,33?,34?,35?,38-,39+/m0/s1. The zero-order valence-electron chi connectivity index (χ0n) is 29.8. The Morgan fingerprint density at radius 3 is 2.54 bits per heavy atom. The molecule has 0 radical (unpaired) electrons. The Morgan fingerprint density at radius 1 is 1.00 bits per heavy atom. The van der Waals surface area contributed by atoms with Gasteiger partial charge in [0.05, 0.1) is 12.7 Å². The molecule has 4 fully saturated rings. The summed E-state index contributed by atoms with van der Waals surface area (Å²) < 4.78 is 5.94. The number of likely N-dealkylation sites (tertiary alicyclic amines) is 1. The van der Waals surface area contributed by atoms with Crippen molar-refractivity contribution in [2.75, 3.05) is 26.2 Å². The molecule has 10 atom stereocenters. The fraction of sp³-hybridized carbons (Fsp3) is 0.897. The van der Waals surface area contributed by atoms with Crippen LogP contribution in [-0.4, -0.2) is 65.6 Å². The van der Waals surface area contributed by atoms with Gasteiger partial charge in [-0.25, -0.2) is 4.79 Å². The maximum atomic E-state index is 12.7. The number of aliphatic hydroxyl groups is 2. The number of rotatable bonds is 13. The quantitative estimate of drug-likeness (QED) is 0.143. The molecule has 0 spiro atoms. The summed E-state index contributed by atoms with van der Waals surface area (Å²) in [6.07, 6.45) is 18.4. The van der Waals surface area contributed by atoms with E-state index in [9.17, 15) is 19.8 Å². The molecule has 1 aliphatic heterocycles. The molecule has 0 aromatic carbocycles. The summed E-state index contributed by atoms with van der Waals surface area (Å²) in [4.78, 5) is 26.7. The Kier molecular flexibility index (Phi) is 11.9. The zero-order chi connectivity index (χ0) is 33.1. The first-order valence-corrected chi connectivity index (χ1v) is 19.2. The second kappa shape index (κ2) is 15.3. The summed E-state index contributed by atoms with van der Waals surface area (Å²) in [6.45, 7) is 13.7. The van der Waals surface area contributed by atoms with Crippen LogP contribution in [0.1, 0.15) is 131 Å². The number of unbranched alkanes of at least 4 members (excludes halogenated alkanes) is 2. The Morgan fingerprint density at radius 2 is 1.80 bits per heavy atom. The fourth-order valence-electron chi connectivity index (χ4n) is 11.1. The Labute approximate surface area is 279 Å². The number of allylic oxidation sites excluding steroid dienone is 1. The number of carbonyl (C=O) groups is 2. The minimum atomic E-state index is -0.630. The summed E-state index contributed by atoms with van der Waals surface area (Å²) in [5, 5.41) is 22.2. The first-order valence-electron chi connectivity index (χ1n) is 19.2. The van der Waals surface area contributed by atoms with Gasteiger partial charge in [0.15, 0.2) is 0 Å². The van der Waals surface area contributed by atoms with E-state index in [1.807, 2.05) is 0 Å². The number of alkyl carbamates (subject to hydrolysis) is 1. The van der Waals surface area contributed by atoms with Gasteiger partial charge in [-0.05, 0) is 104 Å². The van der Waals surface area contributed by atoms with Crippen molar-refractivity contribution >= 4 is 12.0 Å². The molecule has 0 aromatic rings. The van der Waals surface area contributed by atoms with E-state index in [0.717, 1.165) is 74.0 Å². The molecule has 46 heavy (non-hydrogen) atoms. The summed E-state index contributed by atoms with van der Waals surface area (Å²) in [7, 11) is 0. The smallest absolute Gasteiger partial charge is 0.407 e. The van der Waals surface area contributed by atoms with E-state index >= 15 is 0 Å². The lowest BCUT2D eigenvalue weighted by Crippen LogP contribution is -2.51. The molecule has 1 saturated heterocycles. The highest BCUT2D eigenvalue weighted by Gasteiger charge is 2.59. The van der Waals surface area contributed by atoms with E-state index in [1.165, 1.54) is 51.4 Å². The van der Waals surface area contributed by atoms with Crippen LogP contribution in [0.3, 0.4) is 0 Å². The van der Waals surface area contributed by atoms with Crippen molar-refractivity contribution in [1.29, 1.82) is 0 Å². The molecule has 4 aliphatic carbocycles. The number of carbonyl (C=O) groups excluding carboxylic acids is 2. The van der Waals surface area contributed by atoms with Gasteiger partial charge in [-0.15, -0.1) is 0 Å². The average Bonchev–Trinajstić information content (AvgIpc) is 3.58. The van der Waals surface area contributed by atoms with Crippen LogP contribution in [0.2, 0.25) is 0 Å². The van der Waals surface area contributed by atoms with Gasteiger partial charge in [0.2, 0.25) is 5.91 Å². The summed E-state index contributed by atoms with van der Waals surface area (Å²) in [6, 6.07) is 0. The van der Waals surface area contributed by atoms with E-state index in [2.05, 4.69) is 46.0 Å². The summed E-state index contributed by atoms with van der Waals surface area (Å²) in [5.74, 6) is 4.80. The van der Waals surface area contributed by atoms with Crippen molar-refractivity contribution < 1.29 is 24.5 Å². The first kappa shape index (κ1) is 35.7. The van der Waals surface area contributed by atoms with Crippen molar-refractivity contribution in [3.8, 4) is 0 Å². The number of nitrogens with one attached hydrogen (secondary N) is 1. The SMILES string of the molecule is CC(C)CCCC(C)C1CCC2C3CC=C4C[C@@H](OC(=O)NCCCCCC(=O)N5CC(O)C(CO)C5)CC[C@]4(C)C3CC[C@]12C. The Hall–Kier alpha value is -1.60. The molecule has 5 rings (SSSR count). The molecule has 262 valence electrons. The minimum Gasteiger partial charge on any atom is -0.446 e. The van der Waals surface area contributed by atoms with Crippen molar-refractivity contribution in [2.24, 2.45) is 52.3 Å². The van der Waals surface area contributed by atoms with Crippen molar-refractivity contribution in [1.82, 2.24) is 10.2 Å². The van der Waals surface area contributed by atoms with Crippen LogP contribution >= 0.6 is 0 Å². The molecule has 3 N–H and O–H groups in total. The van der Waals surface area contributed by atoms with E-state index in [1.54, 1.807) is 10.5 Å². The highest BCUT2D eigenvalue weighted by Crippen LogP contribution is 2.67. The number of amides is 2. The van der Waals surface area contributed by atoms with Gasteiger partial charge >= 0.3 is 6.09 Å². The first-order chi connectivity index (χ1) is 22.0. The third-order valence-corrected chi connectivity index (χ3v) is 13.9. The van der Waals surface area contributed by atoms with Gasteiger partial charge in [-0.1, -0.05) is 72.0 Å². The Bertz CT molecular complexity index is 1080. The number of ether oxygens (including phenoxy) is 1. The molecule has 2 amide bonds. The summed E-state index contributed by atoms with van der Waals surface area (Å²) in [5.41, 5.74) is 2.32. The average molecular weight is 643 g/mol. The number of fused-ring (bicyclic) bond motifs is 5. The van der Waals surface area contributed by atoms with Crippen molar-refractivity contribution in [3.63, 3.8) is 0 Å². The molecule has 0 aromatic heterocycles. The number of nitrogens with zero attached hydrogens (tertiary/aromatic N) is 1. The predicted octanol–water partition coefficient (Wildman–Crippen LogP) is 7.49. The van der Waals surface area contributed by atoms with Crippen LogP contribution < -0.4 is 5.32 Å². The second-order valence-corrected chi connectivity index (χ2v) is 17.1. The van der Waals surface area contributed by atoms with E-state index in [0.29, 0.717) is 31.5 Å². The lowest BCUT2D eigenvalue weighted by atomic mass is 9.47. The number of hydrogen-bond donors (Lipinski definition) is 3. The topological polar surface area (TPSA) is 99.1 Å². The molecule has 5 aliphatic rings. The monoisotopic (exact) mass is 642 g/mol. The van der Waals surface area contributed by atoms with E-state index < -0.39 is 6.10 Å². The molecule has 1 heterocycles. The number of aliphatic hydroxyl groups excluding tert-OH is 2. The number of β-amino-alcohol motifs (C(OH)–C–C–N with tert-alkyl or cyclic N) is 1. The lowest BCUT2D eigenvalue weighted by molar-refractivity contribution is -0.130. The van der Waals surface area contributed by atoms with Crippen LogP contribution in [0.4, 0.5) is 4.79 Å². The van der Waals surface area contributed by atoms with Gasteiger partial charge in [0.25, 0.3) is 0 Å². The largest absolute Gasteiger partial charge is 0.446 e. The molecule has 3 saturated carbocycles. The maximum absolute atomic E-state index is 12.7. The Balaban J connectivity index is 1.03. The molecular formula is C39H66N2O5. The lowest BCUT2D eigenvalue weighted by Gasteiger charge is -2.58.